The molecule has 0 amide bonds. The molecule has 2 unspecified atom stereocenters. The van der Waals surface area contributed by atoms with Crippen molar-refractivity contribution in [2.75, 3.05) is 0 Å². The molecule has 1 fully saturated rings. The minimum absolute atomic E-state index is 0.129. The summed E-state index contributed by atoms with van der Waals surface area (Å²) in [7, 11) is 0. The highest BCUT2D eigenvalue weighted by molar-refractivity contribution is 6.21. The molecule has 0 bridgehead atoms. The average Bonchev–Trinajstić information content (AvgIpc) is 2.60. The second-order valence-corrected chi connectivity index (χ2v) is 4.71. The normalized spacial score (nSPS) is 25.9. The first-order chi connectivity index (χ1) is 7.11. The van der Waals surface area contributed by atoms with Gasteiger partial charge >= 0.3 is 0 Å². The number of alkyl halides is 1. The van der Waals surface area contributed by atoms with E-state index >= 15 is 0 Å². The third kappa shape index (κ3) is 1.87. The molecule has 0 heterocycles. The Labute approximate surface area is 93.2 Å². The van der Waals surface area contributed by atoms with E-state index in [4.69, 9.17) is 11.6 Å². The van der Waals surface area contributed by atoms with Crippen LogP contribution < -0.4 is 0 Å². The van der Waals surface area contributed by atoms with Crippen molar-refractivity contribution in [1.82, 2.24) is 0 Å². The molecule has 0 radical (unpaired) electrons. The molecule has 82 valence electrons. The Bertz CT molecular complexity index is 376. The molecule has 0 aromatic heterocycles. The number of rotatable bonds is 1. The molecule has 0 nitrogen and oxygen atoms in total. The van der Waals surface area contributed by atoms with Crippen molar-refractivity contribution < 1.29 is 8.78 Å². The predicted molar refractivity (Wildman–Crippen MR) is 57.3 cm³/mol. The van der Waals surface area contributed by atoms with Gasteiger partial charge in [0.2, 0.25) is 0 Å². The van der Waals surface area contributed by atoms with Crippen LogP contribution in [0, 0.1) is 18.6 Å². The van der Waals surface area contributed by atoms with E-state index in [0.717, 1.165) is 19.3 Å². The average molecular weight is 231 g/mol. The third-order valence-electron chi connectivity index (χ3n) is 3.12. The van der Waals surface area contributed by atoms with Gasteiger partial charge in [-0.15, -0.1) is 11.6 Å². The molecule has 1 aromatic rings. The van der Waals surface area contributed by atoms with Crippen LogP contribution in [0.15, 0.2) is 12.1 Å². The molecule has 15 heavy (non-hydrogen) atoms. The van der Waals surface area contributed by atoms with E-state index < -0.39 is 11.6 Å². The standard InChI is InChI=1S/C12H13ClF2/c1-7-5-6-10(14)11(12(7)15)8-3-2-4-9(8)13/h5-6,8-9H,2-4H2,1H3. The molecule has 3 heteroatoms. The summed E-state index contributed by atoms with van der Waals surface area (Å²) in [6.07, 6.45) is 2.58. The summed E-state index contributed by atoms with van der Waals surface area (Å²) in [5.41, 5.74) is 0.676. The fourth-order valence-electron chi connectivity index (χ4n) is 2.26. The van der Waals surface area contributed by atoms with Crippen LogP contribution in [0.25, 0.3) is 0 Å². The van der Waals surface area contributed by atoms with Crippen molar-refractivity contribution in [2.45, 2.75) is 37.5 Å². The third-order valence-corrected chi connectivity index (χ3v) is 3.64. The highest BCUT2D eigenvalue weighted by Crippen LogP contribution is 2.40. The van der Waals surface area contributed by atoms with Gasteiger partial charge in [0.15, 0.2) is 0 Å². The number of hydrogen-bond donors (Lipinski definition) is 0. The van der Waals surface area contributed by atoms with E-state index in [-0.39, 0.29) is 16.9 Å². The summed E-state index contributed by atoms with van der Waals surface area (Å²) in [6, 6.07) is 2.79. The van der Waals surface area contributed by atoms with Gasteiger partial charge in [-0.3, -0.25) is 0 Å². The van der Waals surface area contributed by atoms with Gasteiger partial charge < -0.3 is 0 Å². The van der Waals surface area contributed by atoms with Crippen molar-refractivity contribution in [2.24, 2.45) is 0 Å². The van der Waals surface area contributed by atoms with Crippen LogP contribution in [0.5, 0.6) is 0 Å². The molecule has 0 saturated heterocycles. The second kappa shape index (κ2) is 4.09. The highest BCUT2D eigenvalue weighted by Gasteiger charge is 2.31. The first-order valence-corrected chi connectivity index (χ1v) is 5.63. The van der Waals surface area contributed by atoms with E-state index in [2.05, 4.69) is 0 Å². The monoisotopic (exact) mass is 230 g/mol. The van der Waals surface area contributed by atoms with Gasteiger partial charge in [0, 0.05) is 16.9 Å². The fourth-order valence-corrected chi connectivity index (χ4v) is 2.66. The Balaban J connectivity index is 2.46. The zero-order chi connectivity index (χ0) is 11.0. The molecule has 1 aromatic carbocycles. The summed E-state index contributed by atoms with van der Waals surface area (Å²) >= 11 is 6.08. The maximum absolute atomic E-state index is 13.8. The van der Waals surface area contributed by atoms with Crippen molar-refractivity contribution in [3.63, 3.8) is 0 Å². The molecule has 1 aliphatic carbocycles. The molecular formula is C12H13ClF2. The zero-order valence-electron chi connectivity index (χ0n) is 8.56. The summed E-state index contributed by atoms with van der Waals surface area (Å²) in [4.78, 5) is 0. The maximum atomic E-state index is 13.8. The molecule has 2 rings (SSSR count). The largest absolute Gasteiger partial charge is 0.207 e. The lowest BCUT2D eigenvalue weighted by Crippen LogP contribution is -2.10. The van der Waals surface area contributed by atoms with Gasteiger partial charge in [-0.25, -0.2) is 8.78 Å². The highest BCUT2D eigenvalue weighted by atomic mass is 35.5. The fraction of sp³-hybridized carbons (Fsp3) is 0.500. The summed E-state index contributed by atoms with van der Waals surface area (Å²) in [5, 5.41) is -0.129. The molecule has 1 saturated carbocycles. The van der Waals surface area contributed by atoms with E-state index in [9.17, 15) is 8.78 Å². The Morgan fingerprint density at radius 2 is 2.00 bits per heavy atom. The van der Waals surface area contributed by atoms with Crippen LogP contribution in [-0.2, 0) is 0 Å². The lowest BCUT2D eigenvalue weighted by atomic mass is 9.94. The predicted octanol–water partition coefficient (Wildman–Crippen LogP) is 4.15. The van der Waals surface area contributed by atoms with Crippen LogP contribution >= 0.6 is 11.6 Å². The van der Waals surface area contributed by atoms with E-state index in [0.29, 0.717) is 5.56 Å². The summed E-state index contributed by atoms with van der Waals surface area (Å²) < 4.78 is 27.3. The minimum Gasteiger partial charge on any atom is -0.207 e. The lowest BCUT2D eigenvalue weighted by molar-refractivity contribution is 0.521. The van der Waals surface area contributed by atoms with E-state index in [1.165, 1.54) is 12.1 Å². The van der Waals surface area contributed by atoms with Crippen molar-refractivity contribution in [3.05, 3.63) is 34.9 Å². The quantitative estimate of drug-likeness (QED) is 0.636. The number of halogens is 3. The smallest absolute Gasteiger partial charge is 0.132 e. The van der Waals surface area contributed by atoms with Gasteiger partial charge in [0.1, 0.15) is 11.6 Å². The first kappa shape index (κ1) is 10.9. The number of benzene rings is 1. The van der Waals surface area contributed by atoms with Crippen LogP contribution in [0.1, 0.15) is 36.3 Å². The molecular weight excluding hydrogens is 218 g/mol. The Hall–Kier alpha value is -0.630. The SMILES string of the molecule is Cc1ccc(F)c(C2CCCC2Cl)c1F. The number of aryl methyl sites for hydroxylation is 1. The summed E-state index contributed by atoms with van der Waals surface area (Å²) in [5.74, 6) is -1.05. The summed E-state index contributed by atoms with van der Waals surface area (Å²) in [6.45, 7) is 1.65. The number of hydrogen-bond acceptors (Lipinski definition) is 0. The molecule has 0 spiro atoms. The van der Waals surface area contributed by atoms with Gasteiger partial charge in [0.05, 0.1) is 0 Å². The van der Waals surface area contributed by atoms with Crippen LogP contribution in [0.2, 0.25) is 0 Å². The van der Waals surface area contributed by atoms with Gasteiger partial charge in [-0.05, 0) is 31.4 Å². The Kier molecular flexibility index (Phi) is 2.96. The molecule has 0 aliphatic heterocycles. The zero-order valence-corrected chi connectivity index (χ0v) is 9.32. The van der Waals surface area contributed by atoms with Crippen LogP contribution in [0.3, 0.4) is 0 Å². The topological polar surface area (TPSA) is 0 Å². The minimum atomic E-state index is -0.462. The van der Waals surface area contributed by atoms with Gasteiger partial charge in [0.25, 0.3) is 0 Å². The van der Waals surface area contributed by atoms with Crippen LogP contribution in [0.4, 0.5) is 8.78 Å². The van der Waals surface area contributed by atoms with Crippen LogP contribution in [-0.4, -0.2) is 5.38 Å². The van der Waals surface area contributed by atoms with Gasteiger partial charge in [-0.1, -0.05) is 12.5 Å². The van der Waals surface area contributed by atoms with E-state index in [1.807, 2.05) is 0 Å². The molecule has 0 N–H and O–H groups in total. The lowest BCUT2D eigenvalue weighted by Gasteiger charge is -2.16. The maximum Gasteiger partial charge on any atom is 0.132 e. The molecule has 1 aliphatic rings. The Morgan fingerprint density at radius 3 is 2.60 bits per heavy atom. The van der Waals surface area contributed by atoms with Gasteiger partial charge in [-0.2, -0.15) is 0 Å². The molecule has 2 atom stereocenters. The first-order valence-electron chi connectivity index (χ1n) is 5.20. The van der Waals surface area contributed by atoms with Crippen molar-refractivity contribution in [1.29, 1.82) is 0 Å². The second-order valence-electron chi connectivity index (χ2n) is 4.15. The Morgan fingerprint density at radius 1 is 1.27 bits per heavy atom. The van der Waals surface area contributed by atoms with Crippen molar-refractivity contribution in [3.8, 4) is 0 Å². The van der Waals surface area contributed by atoms with Crippen molar-refractivity contribution >= 4 is 11.6 Å². The van der Waals surface area contributed by atoms with E-state index in [1.54, 1.807) is 6.92 Å².